The molecule has 3 rings (SSSR count). The second-order valence-corrected chi connectivity index (χ2v) is 5.79. The Hall–Kier alpha value is -2.79. The summed E-state index contributed by atoms with van der Waals surface area (Å²) in [5, 5.41) is 20.6. The van der Waals surface area contributed by atoms with Crippen LogP contribution in [0.5, 0.6) is 5.75 Å². The Morgan fingerprint density at radius 2 is 1.79 bits per heavy atom. The Kier molecular flexibility index (Phi) is 4.27. The van der Waals surface area contributed by atoms with E-state index in [4.69, 9.17) is 16.0 Å². The Morgan fingerprint density at radius 3 is 2.46 bits per heavy atom. The molecule has 0 aliphatic rings. The van der Waals surface area contributed by atoms with Crippen molar-refractivity contribution >= 4 is 28.5 Å². The largest absolute Gasteiger partial charge is 0.507 e. The van der Waals surface area contributed by atoms with Crippen LogP contribution in [-0.4, -0.2) is 16.2 Å². The molecule has 0 spiro atoms. The zero-order chi connectivity index (χ0) is 17.3. The van der Waals surface area contributed by atoms with Gasteiger partial charge in [0.2, 0.25) is 0 Å². The number of carboxylic acid groups (broad SMARTS) is 1. The van der Waals surface area contributed by atoms with Crippen molar-refractivity contribution in [3.63, 3.8) is 0 Å². The summed E-state index contributed by atoms with van der Waals surface area (Å²) in [5.74, 6) is -2.20. The zero-order valence-electron chi connectivity index (χ0n) is 12.4. The van der Waals surface area contributed by atoms with Crippen LogP contribution in [0, 0.1) is 0 Å². The van der Waals surface area contributed by atoms with E-state index in [1.807, 2.05) is 0 Å². The summed E-state index contributed by atoms with van der Waals surface area (Å²) in [6.45, 7) is 0. The van der Waals surface area contributed by atoms with Crippen LogP contribution < -0.4 is 5.63 Å². The first-order valence-corrected chi connectivity index (χ1v) is 7.57. The lowest BCUT2D eigenvalue weighted by molar-refractivity contribution is -0.137. The topological polar surface area (TPSA) is 87.7 Å². The van der Waals surface area contributed by atoms with Gasteiger partial charge in [-0.15, -0.1) is 0 Å². The first kappa shape index (κ1) is 16.1. The molecule has 0 bridgehead atoms. The van der Waals surface area contributed by atoms with Crippen molar-refractivity contribution in [1.29, 1.82) is 0 Å². The van der Waals surface area contributed by atoms with Crippen LogP contribution in [0.1, 0.15) is 23.5 Å². The zero-order valence-corrected chi connectivity index (χ0v) is 13.2. The molecule has 0 saturated heterocycles. The minimum atomic E-state index is -1.10. The minimum absolute atomic E-state index is 0.0709. The fourth-order valence-corrected chi connectivity index (χ4v) is 2.84. The van der Waals surface area contributed by atoms with Crippen molar-refractivity contribution in [3.05, 3.63) is 75.1 Å². The number of para-hydroxylation sites is 1. The highest BCUT2D eigenvalue weighted by molar-refractivity contribution is 6.30. The van der Waals surface area contributed by atoms with Gasteiger partial charge in [-0.1, -0.05) is 35.9 Å². The number of rotatable bonds is 4. The molecule has 1 heterocycles. The van der Waals surface area contributed by atoms with Crippen molar-refractivity contribution < 1.29 is 19.4 Å². The van der Waals surface area contributed by atoms with Crippen LogP contribution in [0.2, 0.25) is 5.02 Å². The van der Waals surface area contributed by atoms with E-state index in [2.05, 4.69) is 0 Å². The van der Waals surface area contributed by atoms with Gasteiger partial charge in [0.15, 0.2) is 0 Å². The minimum Gasteiger partial charge on any atom is -0.507 e. The van der Waals surface area contributed by atoms with Crippen LogP contribution in [0.15, 0.2) is 57.7 Å². The highest BCUT2D eigenvalue weighted by atomic mass is 35.5. The van der Waals surface area contributed by atoms with Crippen LogP contribution in [0.3, 0.4) is 0 Å². The van der Waals surface area contributed by atoms with Gasteiger partial charge in [-0.3, -0.25) is 4.79 Å². The van der Waals surface area contributed by atoms with Crippen molar-refractivity contribution in [1.82, 2.24) is 0 Å². The maximum atomic E-state index is 12.4. The molecule has 0 fully saturated rings. The van der Waals surface area contributed by atoms with E-state index in [1.54, 1.807) is 48.5 Å². The summed E-state index contributed by atoms with van der Waals surface area (Å²) in [5.41, 5.74) is -0.0283. The number of hydrogen-bond acceptors (Lipinski definition) is 4. The summed E-state index contributed by atoms with van der Waals surface area (Å²) < 4.78 is 5.25. The first-order valence-electron chi connectivity index (χ1n) is 7.19. The van der Waals surface area contributed by atoms with Gasteiger partial charge < -0.3 is 14.6 Å². The molecule has 1 aromatic heterocycles. The summed E-state index contributed by atoms with van der Waals surface area (Å²) in [6, 6.07) is 13.0. The van der Waals surface area contributed by atoms with E-state index in [9.17, 15) is 19.8 Å². The summed E-state index contributed by atoms with van der Waals surface area (Å²) in [6.07, 6.45) is -0.363. The molecule has 0 radical (unpaired) electrons. The molecule has 0 aliphatic heterocycles. The van der Waals surface area contributed by atoms with Gasteiger partial charge in [-0.2, -0.15) is 0 Å². The molecule has 122 valence electrons. The summed E-state index contributed by atoms with van der Waals surface area (Å²) >= 11 is 5.86. The molecular weight excluding hydrogens is 332 g/mol. The van der Waals surface area contributed by atoms with E-state index < -0.39 is 17.5 Å². The van der Waals surface area contributed by atoms with E-state index in [0.717, 1.165) is 0 Å². The van der Waals surface area contributed by atoms with Crippen LogP contribution in [0.25, 0.3) is 11.0 Å². The van der Waals surface area contributed by atoms with Gasteiger partial charge in [-0.25, -0.2) is 4.79 Å². The quantitative estimate of drug-likeness (QED) is 0.703. The average molecular weight is 345 g/mol. The molecule has 1 unspecified atom stereocenters. The number of benzene rings is 2. The number of aromatic hydroxyl groups is 1. The van der Waals surface area contributed by atoms with E-state index in [-0.39, 0.29) is 23.3 Å². The maximum Gasteiger partial charge on any atom is 0.343 e. The lowest BCUT2D eigenvalue weighted by atomic mass is 9.88. The van der Waals surface area contributed by atoms with E-state index in [1.165, 1.54) is 0 Å². The molecule has 1 atom stereocenters. The van der Waals surface area contributed by atoms with E-state index in [0.29, 0.717) is 16.0 Å². The second-order valence-electron chi connectivity index (χ2n) is 5.35. The molecule has 0 saturated carbocycles. The smallest absolute Gasteiger partial charge is 0.343 e. The molecule has 3 aromatic rings. The molecule has 0 amide bonds. The van der Waals surface area contributed by atoms with Gasteiger partial charge >= 0.3 is 11.6 Å². The fourth-order valence-electron chi connectivity index (χ4n) is 2.71. The summed E-state index contributed by atoms with van der Waals surface area (Å²) in [4.78, 5) is 23.6. The Morgan fingerprint density at radius 1 is 1.12 bits per heavy atom. The predicted molar refractivity (Wildman–Crippen MR) is 89.7 cm³/mol. The summed E-state index contributed by atoms with van der Waals surface area (Å²) in [7, 11) is 0. The lowest BCUT2D eigenvalue weighted by Gasteiger charge is -2.17. The molecule has 2 N–H and O–H groups in total. The Balaban J connectivity index is 2.24. The predicted octanol–water partition coefficient (Wildman–Crippen LogP) is 3.76. The number of carbonyl (C=O) groups is 1. The van der Waals surface area contributed by atoms with Gasteiger partial charge in [0.1, 0.15) is 11.3 Å². The second kappa shape index (κ2) is 6.37. The third-order valence-electron chi connectivity index (χ3n) is 3.82. The van der Waals surface area contributed by atoms with Gasteiger partial charge in [0.25, 0.3) is 0 Å². The van der Waals surface area contributed by atoms with E-state index >= 15 is 0 Å². The van der Waals surface area contributed by atoms with Crippen molar-refractivity contribution in [3.8, 4) is 5.75 Å². The molecule has 2 aromatic carbocycles. The van der Waals surface area contributed by atoms with Gasteiger partial charge in [-0.05, 0) is 29.8 Å². The number of aliphatic carboxylic acids is 1. The van der Waals surface area contributed by atoms with Crippen molar-refractivity contribution in [2.75, 3.05) is 0 Å². The van der Waals surface area contributed by atoms with Crippen LogP contribution in [0.4, 0.5) is 0 Å². The molecule has 24 heavy (non-hydrogen) atoms. The highest BCUT2D eigenvalue weighted by Gasteiger charge is 2.26. The monoisotopic (exact) mass is 344 g/mol. The molecular formula is C18H13ClO5. The van der Waals surface area contributed by atoms with Crippen molar-refractivity contribution in [2.24, 2.45) is 0 Å². The molecule has 5 nitrogen and oxygen atoms in total. The van der Waals surface area contributed by atoms with Crippen molar-refractivity contribution in [2.45, 2.75) is 12.3 Å². The average Bonchev–Trinajstić information content (AvgIpc) is 2.54. The fraction of sp³-hybridized carbons (Fsp3) is 0.111. The van der Waals surface area contributed by atoms with Crippen LogP contribution >= 0.6 is 11.6 Å². The van der Waals surface area contributed by atoms with Gasteiger partial charge in [0, 0.05) is 10.9 Å². The number of halogens is 1. The normalized spacial score (nSPS) is 12.2. The third kappa shape index (κ3) is 2.98. The SMILES string of the molecule is O=C(O)CC(c1ccc(Cl)cc1)c1c(O)c2ccccc2oc1=O. The van der Waals surface area contributed by atoms with Crippen LogP contribution in [-0.2, 0) is 4.79 Å². The lowest BCUT2D eigenvalue weighted by Crippen LogP contribution is -2.17. The first-order chi connectivity index (χ1) is 11.5. The standard InChI is InChI=1S/C18H13ClO5/c19-11-7-5-10(6-8-11)13(9-15(20)21)16-17(22)12-3-1-2-4-14(12)24-18(16)23/h1-8,13,22H,9H2,(H,20,21). The number of hydrogen-bond donors (Lipinski definition) is 2. The van der Waals surface area contributed by atoms with Gasteiger partial charge in [0.05, 0.1) is 17.4 Å². The Labute approximate surface area is 141 Å². The number of carboxylic acids is 1. The molecule has 6 heteroatoms. The number of fused-ring (bicyclic) bond motifs is 1. The highest BCUT2D eigenvalue weighted by Crippen LogP contribution is 2.36. The Bertz CT molecular complexity index is 959. The molecule has 0 aliphatic carbocycles. The third-order valence-corrected chi connectivity index (χ3v) is 4.07. The maximum absolute atomic E-state index is 12.4.